The number of carbonyl (C=O) groups excluding carboxylic acids is 3. The van der Waals surface area contributed by atoms with Crippen molar-refractivity contribution in [2.75, 3.05) is 39.8 Å². The Morgan fingerprint density at radius 1 is 1.07 bits per heavy atom. The number of esters is 2. The van der Waals surface area contributed by atoms with E-state index in [-0.39, 0.29) is 17.3 Å². The van der Waals surface area contributed by atoms with Gasteiger partial charge in [-0.15, -0.1) is 0 Å². The van der Waals surface area contributed by atoms with Gasteiger partial charge in [0.1, 0.15) is 5.70 Å². The van der Waals surface area contributed by atoms with E-state index >= 15 is 0 Å². The van der Waals surface area contributed by atoms with Gasteiger partial charge in [0.2, 0.25) is 0 Å². The van der Waals surface area contributed by atoms with Crippen LogP contribution in [0.4, 0.5) is 5.69 Å². The first-order chi connectivity index (χ1) is 14.0. The lowest BCUT2D eigenvalue weighted by Crippen LogP contribution is -2.27. The lowest BCUT2D eigenvalue weighted by atomic mass is 10.2. The third kappa shape index (κ3) is 6.18. The summed E-state index contributed by atoms with van der Waals surface area (Å²) in [6, 6.07) is 8.43. The number of anilines is 1. The largest absolute Gasteiger partial charge is 0.466 e. The zero-order chi connectivity index (χ0) is 21.2. The molecule has 1 aromatic heterocycles. The Labute approximate surface area is 167 Å². The Hall–Kier alpha value is -3.66. The Balaban J connectivity index is 2.10. The van der Waals surface area contributed by atoms with Crippen LogP contribution in [0, 0.1) is 0 Å². The molecule has 2 rings (SSSR count). The number of ether oxygens (including phenoxy) is 3. The number of benzene rings is 1. The van der Waals surface area contributed by atoms with Gasteiger partial charge in [-0.25, -0.2) is 14.3 Å². The molecular formula is C19H22N4O6. The van der Waals surface area contributed by atoms with Crippen LogP contribution in [0.25, 0.3) is 5.69 Å². The molecule has 0 bridgehead atoms. The SMILES string of the molecule is COCCNC(=O)c1ccn(-c2ccc(N/C(=C/C(=O)OC)C(=O)OC)cc2)n1. The Morgan fingerprint density at radius 3 is 2.41 bits per heavy atom. The van der Waals surface area contributed by atoms with E-state index in [1.807, 2.05) is 0 Å². The number of hydrogen-bond donors (Lipinski definition) is 2. The fraction of sp³-hybridized carbons (Fsp3) is 0.263. The summed E-state index contributed by atoms with van der Waals surface area (Å²) in [6.07, 6.45) is 2.66. The predicted molar refractivity (Wildman–Crippen MR) is 104 cm³/mol. The van der Waals surface area contributed by atoms with Crippen molar-refractivity contribution in [2.24, 2.45) is 0 Å². The third-order valence-electron chi connectivity index (χ3n) is 3.69. The van der Waals surface area contributed by atoms with E-state index in [1.54, 1.807) is 48.3 Å². The smallest absolute Gasteiger partial charge is 0.354 e. The molecule has 0 saturated heterocycles. The lowest BCUT2D eigenvalue weighted by molar-refractivity contribution is -0.138. The minimum Gasteiger partial charge on any atom is -0.466 e. The van der Waals surface area contributed by atoms with Crippen LogP contribution < -0.4 is 10.6 Å². The highest BCUT2D eigenvalue weighted by Crippen LogP contribution is 2.15. The van der Waals surface area contributed by atoms with Crippen molar-refractivity contribution >= 4 is 23.5 Å². The maximum absolute atomic E-state index is 12.0. The maximum atomic E-state index is 12.0. The first-order valence-electron chi connectivity index (χ1n) is 8.56. The van der Waals surface area contributed by atoms with Crippen molar-refractivity contribution < 1.29 is 28.6 Å². The molecule has 1 amide bonds. The second-order valence-corrected chi connectivity index (χ2v) is 5.64. The lowest BCUT2D eigenvalue weighted by Gasteiger charge is -2.10. The molecule has 2 aromatic rings. The van der Waals surface area contributed by atoms with Gasteiger partial charge in [-0.3, -0.25) is 4.79 Å². The van der Waals surface area contributed by atoms with E-state index in [9.17, 15) is 14.4 Å². The molecule has 0 unspecified atom stereocenters. The minimum atomic E-state index is -0.712. The zero-order valence-corrected chi connectivity index (χ0v) is 16.3. The van der Waals surface area contributed by atoms with Gasteiger partial charge in [0.25, 0.3) is 5.91 Å². The second kappa shape index (κ2) is 10.6. The number of nitrogens with zero attached hydrogens (tertiary/aromatic N) is 2. The topological polar surface area (TPSA) is 121 Å². The van der Waals surface area contributed by atoms with Crippen LogP contribution in [0.3, 0.4) is 0 Å². The fourth-order valence-electron chi connectivity index (χ4n) is 2.23. The van der Waals surface area contributed by atoms with E-state index < -0.39 is 11.9 Å². The molecule has 0 aliphatic heterocycles. The normalized spacial score (nSPS) is 10.9. The van der Waals surface area contributed by atoms with Gasteiger partial charge in [0.05, 0.1) is 32.6 Å². The fourth-order valence-corrected chi connectivity index (χ4v) is 2.23. The summed E-state index contributed by atoms with van der Waals surface area (Å²) in [5, 5.41) is 9.74. The summed E-state index contributed by atoms with van der Waals surface area (Å²) in [5.41, 5.74) is 1.44. The molecule has 154 valence electrons. The summed E-state index contributed by atoms with van der Waals surface area (Å²) >= 11 is 0. The van der Waals surface area contributed by atoms with Crippen molar-refractivity contribution in [1.29, 1.82) is 0 Å². The van der Waals surface area contributed by atoms with E-state index in [1.165, 1.54) is 14.2 Å². The van der Waals surface area contributed by atoms with E-state index in [0.29, 0.717) is 24.5 Å². The van der Waals surface area contributed by atoms with Crippen LogP contribution in [-0.4, -0.2) is 62.1 Å². The van der Waals surface area contributed by atoms with Gasteiger partial charge in [-0.05, 0) is 30.3 Å². The molecule has 1 aromatic carbocycles. The zero-order valence-electron chi connectivity index (χ0n) is 16.3. The third-order valence-corrected chi connectivity index (χ3v) is 3.69. The van der Waals surface area contributed by atoms with Crippen LogP contribution in [0.15, 0.2) is 48.3 Å². The number of aromatic nitrogens is 2. The maximum Gasteiger partial charge on any atom is 0.354 e. The summed E-state index contributed by atoms with van der Waals surface area (Å²) < 4.78 is 15.6. The van der Waals surface area contributed by atoms with E-state index in [2.05, 4.69) is 25.2 Å². The molecule has 0 spiro atoms. The molecular weight excluding hydrogens is 380 g/mol. The van der Waals surface area contributed by atoms with Crippen molar-refractivity contribution in [3.8, 4) is 5.69 Å². The molecule has 29 heavy (non-hydrogen) atoms. The molecule has 10 heteroatoms. The van der Waals surface area contributed by atoms with Gasteiger partial charge >= 0.3 is 11.9 Å². The number of methoxy groups -OCH3 is 3. The highest BCUT2D eigenvalue weighted by atomic mass is 16.5. The predicted octanol–water partition coefficient (Wildman–Crippen LogP) is 0.890. The van der Waals surface area contributed by atoms with Crippen LogP contribution >= 0.6 is 0 Å². The highest BCUT2D eigenvalue weighted by molar-refractivity contribution is 5.98. The quantitative estimate of drug-likeness (QED) is 0.360. The Morgan fingerprint density at radius 2 is 1.79 bits per heavy atom. The molecule has 0 atom stereocenters. The molecule has 0 fully saturated rings. The summed E-state index contributed by atoms with van der Waals surface area (Å²) in [6.45, 7) is 0.809. The summed E-state index contributed by atoms with van der Waals surface area (Å²) in [5.74, 6) is -1.70. The van der Waals surface area contributed by atoms with Gasteiger partial charge in [0, 0.05) is 25.5 Å². The first-order valence-corrected chi connectivity index (χ1v) is 8.56. The standard InChI is InChI=1S/C19H22N4O6/c1-27-11-9-20-18(25)15-8-10-23(22-15)14-6-4-13(5-7-14)21-16(19(26)29-3)12-17(24)28-2/h4-8,10,12,21H,9,11H2,1-3H3,(H,20,25)/b16-12+. The Bertz CT molecular complexity index is 888. The van der Waals surface area contributed by atoms with Crippen molar-refractivity contribution in [1.82, 2.24) is 15.1 Å². The summed E-state index contributed by atoms with van der Waals surface area (Å²) in [4.78, 5) is 35.2. The Kier molecular flexibility index (Phi) is 7.92. The number of carbonyl (C=O) groups is 3. The average Bonchev–Trinajstić information content (AvgIpc) is 3.23. The number of rotatable bonds is 9. The van der Waals surface area contributed by atoms with Crippen LogP contribution in [0.5, 0.6) is 0 Å². The molecule has 10 nitrogen and oxygen atoms in total. The van der Waals surface area contributed by atoms with Crippen LogP contribution in [-0.2, 0) is 23.8 Å². The number of hydrogen-bond acceptors (Lipinski definition) is 8. The van der Waals surface area contributed by atoms with Crippen LogP contribution in [0.2, 0.25) is 0 Å². The van der Waals surface area contributed by atoms with Crippen molar-refractivity contribution in [3.63, 3.8) is 0 Å². The molecule has 1 heterocycles. The van der Waals surface area contributed by atoms with Crippen molar-refractivity contribution in [2.45, 2.75) is 0 Å². The number of amides is 1. The van der Waals surface area contributed by atoms with Gasteiger partial charge in [-0.1, -0.05) is 0 Å². The van der Waals surface area contributed by atoms with Crippen LogP contribution in [0.1, 0.15) is 10.5 Å². The van der Waals surface area contributed by atoms with Crippen molar-refractivity contribution in [3.05, 3.63) is 54.0 Å². The van der Waals surface area contributed by atoms with E-state index in [4.69, 9.17) is 4.74 Å². The minimum absolute atomic E-state index is 0.0683. The van der Waals surface area contributed by atoms with E-state index in [0.717, 1.165) is 6.08 Å². The summed E-state index contributed by atoms with van der Waals surface area (Å²) in [7, 11) is 3.97. The van der Waals surface area contributed by atoms with Gasteiger partial charge < -0.3 is 24.8 Å². The molecule has 0 aliphatic rings. The molecule has 2 N–H and O–H groups in total. The second-order valence-electron chi connectivity index (χ2n) is 5.64. The monoisotopic (exact) mass is 402 g/mol. The molecule has 0 aliphatic carbocycles. The highest BCUT2D eigenvalue weighted by Gasteiger charge is 2.13. The number of nitrogens with one attached hydrogen (secondary N) is 2. The molecule has 0 saturated carbocycles. The van der Waals surface area contributed by atoms with Gasteiger partial charge in [-0.2, -0.15) is 5.10 Å². The average molecular weight is 402 g/mol. The molecule has 0 radical (unpaired) electrons. The van der Waals surface area contributed by atoms with Gasteiger partial charge in [0.15, 0.2) is 5.69 Å². The first kappa shape index (κ1) is 21.6.